The Morgan fingerprint density at radius 1 is 1.12 bits per heavy atom. The van der Waals surface area contributed by atoms with E-state index in [1.807, 2.05) is 0 Å². The number of aliphatic carboxylic acids is 1. The molecule has 0 spiro atoms. The minimum atomic E-state index is -2.09. The van der Waals surface area contributed by atoms with Crippen molar-refractivity contribution in [3.8, 4) is 0 Å². The van der Waals surface area contributed by atoms with Crippen LogP contribution in [0.15, 0.2) is 24.3 Å². The Morgan fingerprint density at radius 3 is 2.34 bits per heavy atom. The van der Waals surface area contributed by atoms with Crippen molar-refractivity contribution < 1.29 is 38.4 Å². The molecule has 1 aromatic rings. The highest BCUT2D eigenvalue weighted by Crippen LogP contribution is 2.39. The summed E-state index contributed by atoms with van der Waals surface area (Å²) in [5, 5.41) is 24.1. The van der Waals surface area contributed by atoms with Crippen molar-refractivity contribution in [2.75, 3.05) is 31.1 Å². The van der Waals surface area contributed by atoms with Gasteiger partial charge in [0.1, 0.15) is 13.2 Å². The first kappa shape index (κ1) is 34.0. The number of ether oxygens (including phenoxy) is 1. The van der Waals surface area contributed by atoms with E-state index in [9.17, 15) is 29.3 Å². The Balaban J connectivity index is 1.92. The minimum absolute atomic E-state index is 0.00101. The fourth-order valence-electron chi connectivity index (χ4n) is 3.76. The Morgan fingerprint density at radius 2 is 1.76 bits per heavy atom. The highest BCUT2D eigenvalue weighted by atomic mass is 32.2. The number of nitrogens with one attached hydrogen (secondary N) is 2. The van der Waals surface area contributed by atoms with Crippen LogP contribution in [0.4, 0.5) is 10.5 Å². The number of nitrogens with zero attached hydrogens (tertiary/aromatic N) is 2. The van der Waals surface area contributed by atoms with Crippen LogP contribution in [0.3, 0.4) is 0 Å². The predicted molar refractivity (Wildman–Crippen MR) is 156 cm³/mol. The lowest BCUT2D eigenvalue weighted by atomic mass is 10.2. The zero-order valence-electron chi connectivity index (χ0n) is 24.1. The van der Waals surface area contributed by atoms with Gasteiger partial charge in [0.15, 0.2) is 8.32 Å². The van der Waals surface area contributed by atoms with Crippen LogP contribution in [0.2, 0.25) is 18.1 Å². The van der Waals surface area contributed by atoms with Crippen molar-refractivity contribution in [2.45, 2.75) is 70.5 Å². The number of carboxylic acid groups (broad SMARTS) is 1. The normalized spacial score (nSPS) is 17.1. The fourth-order valence-corrected chi connectivity index (χ4v) is 6.21. The summed E-state index contributed by atoms with van der Waals surface area (Å²) < 4.78 is 12.1. The Labute approximate surface area is 245 Å². The number of hydrogen-bond acceptors (Lipinski definition) is 9. The minimum Gasteiger partial charge on any atom is -0.480 e. The van der Waals surface area contributed by atoms with Crippen molar-refractivity contribution in [2.24, 2.45) is 0 Å². The summed E-state index contributed by atoms with van der Waals surface area (Å²) in [6.07, 6.45) is 0.126. The van der Waals surface area contributed by atoms with Gasteiger partial charge in [-0.1, -0.05) is 20.8 Å². The summed E-state index contributed by atoms with van der Waals surface area (Å²) in [5.74, 6) is -1.09. The molecule has 1 aromatic carbocycles. The molecule has 1 aliphatic heterocycles. The van der Waals surface area contributed by atoms with E-state index in [4.69, 9.17) is 14.3 Å². The van der Waals surface area contributed by atoms with Gasteiger partial charge in [-0.25, -0.2) is 4.79 Å². The summed E-state index contributed by atoms with van der Waals surface area (Å²) >= 11 is 1.50. The molecule has 1 heterocycles. The second kappa shape index (κ2) is 15.2. The maximum absolute atomic E-state index is 13.1. The van der Waals surface area contributed by atoms with Crippen LogP contribution in [0.5, 0.6) is 0 Å². The zero-order valence-corrected chi connectivity index (χ0v) is 26.0. The van der Waals surface area contributed by atoms with Crippen LogP contribution in [-0.2, 0) is 30.2 Å². The maximum atomic E-state index is 13.1. The van der Waals surface area contributed by atoms with Crippen LogP contribution < -0.4 is 10.6 Å². The lowest BCUT2D eigenvalue weighted by Crippen LogP contribution is -2.44. The van der Waals surface area contributed by atoms with Crippen LogP contribution >= 0.6 is 11.8 Å². The maximum Gasteiger partial charge on any atom is 0.410 e. The van der Waals surface area contributed by atoms with Gasteiger partial charge in [0.2, 0.25) is 11.8 Å². The Kier molecular flexibility index (Phi) is 12.6. The molecule has 1 fully saturated rings. The molecule has 2 atom stereocenters. The second-order valence-electron chi connectivity index (χ2n) is 11.3. The first-order chi connectivity index (χ1) is 19.1. The van der Waals surface area contributed by atoms with Gasteiger partial charge < -0.3 is 29.8 Å². The SMILES string of the molecule is CC(C)(C)[Si](C)(C)OC1CC(CSCCC(=O)NCC(=O)NCC(=O)O)N(C(=O)OCc2ccc([N+](=O)[O-])cc2)C1. The number of nitro groups is 1. The number of non-ortho nitro benzene ring substituents is 1. The van der Waals surface area contributed by atoms with Gasteiger partial charge in [-0.05, 0) is 42.2 Å². The summed E-state index contributed by atoms with van der Waals surface area (Å²) in [6, 6.07) is 5.64. The largest absolute Gasteiger partial charge is 0.480 e. The molecule has 0 bridgehead atoms. The molecule has 0 aliphatic carbocycles. The first-order valence-corrected chi connectivity index (χ1v) is 17.3. The zero-order chi connectivity index (χ0) is 30.8. The van der Waals surface area contributed by atoms with Crippen molar-refractivity contribution in [3.05, 3.63) is 39.9 Å². The lowest BCUT2D eigenvalue weighted by Gasteiger charge is -2.38. The molecular weight excluding hydrogens is 572 g/mol. The molecule has 228 valence electrons. The van der Waals surface area contributed by atoms with Crippen molar-refractivity contribution >= 4 is 49.6 Å². The summed E-state index contributed by atoms with van der Waals surface area (Å²) in [6.45, 7) is 10.3. The van der Waals surface area contributed by atoms with Gasteiger partial charge in [0, 0.05) is 42.6 Å². The third-order valence-corrected chi connectivity index (χ3v) is 12.7. The van der Waals surface area contributed by atoms with Crippen LogP contribution in [-0.4, -0.2) is 90.4 Å². The molecule has 0 aromatic heterocycles. The number of thioether (sulfide) groups is 1. The molecule has 13 nitrogen and oxygen atoms in total. The molecule has 0 radical (unpaired) electrons. The van der Waals surface area contributed by atoms with E-state index in [1.54, 1.807) is 17.0 Å². The smallest absolute Gasteiger partial charge is 0.410 e. The lowest BCUT2D eigenvalue weighted by molar-refractivity contribution is -0.384. The number of hydrogen-bond donors (Lipinski definition) is 3. The Bertz CT molecular complexity index is 1100. The quantitative estimate of drug-likeness (QED) is 0.122. The van der Waals surface area contributed by atoms with E-state index in [2.05, 4.69) is 44.5 Å². The van der Waals surface area contributed by atoms with E-state index in [-0.39, 0.29) is 48.4 Å². The fraction of sp³-hybridized carbons (Fsp3) is 0.615. The van der Waals surface area contributed by atoms with Gasteiger partial charge in [0.25, 0.3) is 5.69 Å². The van der Waals surface area contributed by atoms with Crippen LogP contribution in [0.25, 0.3) is 0 Å². The van der Waals surface area contributed by atoms with Crippen molar-refractivity contribution in [1.82, 2.24) is 15.5 Å². The molecule has 1 saturated heterocycles. The molecule has 15 heteroatoms. The molecule has 3 amide bonds. The van der Waals surface area contributed by atoms with E-state index in [1.165, 1.54) is 23.9 Å². The standard InChI is InChI=1S/C26H40N4O9SSi/c1-26(2,3)41(4,5)39-21-12-20(17-40-11-10-22(31)27-13-23(32)28-14-24(33)34)29(15-21)25(35)38-16-18-6-8-19(9-7-18)30(36)37/h6-9,20-21H,10-17H2,1-5H3,(H,27,31)(H,28,32)(H,33,34). The van der Waals surface area contributed by atoms with E-state index < -0.39 is 37.8 Å². The molecule has 41 heavy (non-hydrogen) atoms. The molecule has 3 N–H and O–H groups in total. The highest BCUT2D eigenvalue weighted by Gasteiger charge is 2.44. The van der Waals surface area contributed by atoms with Crippen LogP contribution in [0, 0.1) is 10.1 Å². The van der Waals surface area contributed by atoms with Crippen molar-refractivity contribution in [3.63, 3.8) is 0 Å². The number of carbonyl (C=O) groups excluding carboxylic acids is 3. The molecule has 1 aliphatic rings. The number of benzene rings is 1. The number of amides is 3. The number of rotatable bonds is 14. The average Bonchev–Trinajstić information content (AvgIpc) is 3.28. The monoisotopic (exact) mass is 612 g/mol. The number of likely N-dealkylation sites (tertiary alicyclic amines) is 1. The average molecular weight is 613 g/mol. The number of carboxylic acids is 1. The van der Waals surface area contributed by atoms with Gasteiger partial charge in [-0.15, -0.1) is 0 Å². The number of carbonyl (C=O) groups is 4. The first-order valence-electron chi connectivity index (χ1n) is 13.3. The molecule has 0 saturated carbocycles. The summed E-state index contributed by atoms with van der Waals surface area (Å²) in [5.41, 5.74) is 0.586. The highest BCUT2D eigenvalue weighted by molar-refractivity contribution is 7.99. The van der Waals surface area contributed by atoms with E-state index in [0.29, 0.717) is 30.0 Å². The number of nitro benzene ring substituents is 1. The van der Waals surface area contributed by atoms with Crippen molar-refractivity contribution in [1.29, 1.82) is 0 Å². The Hall–Kier alpha value is -3.17. The molecule has 2 unspecified atom stereocenters. The third-order valence-electron chi connectivity index (χ3n) is 7.05. The topological polar surface area (TPSA) is 177 Å². The summed E-state index contributed by atoms with van der Waals surface area (Å²) in [4.78, 5) is 59.3. The third kappa shape index (κ3) is 11.3. The predicted octanol–water partition coefficient (Wildman–Crippen LogP) is 3.14. The second-order valence-corrected chi connectivity index (χ2v) is 17.2. The van der Waals surface area contributed by atoms with Gasteiger partial charge >= 0.3 is 12.1 Å². The van der Waals surface area contributed by atoms with Gasteiger partial charge in [-0.2, -0.15) is 11.8 Å². The van der Waals surface area contributed by atoms with E-state index >= 15 is 0 Å². The van der Waals surface area contributed by atoms with E-state index in [0.717, 1.165) is 0 Å². The van der Waals surface area contributed by atoms with Gasteiger partial charge in [-0.3, -0.25) is 24.5 Å². The molecular formula is C26H40N4O9SSi. The van der Waals surface area contributed by atoms with Crippen LogP contribution in [0.1, 0.15) is 39.2 Å². The molecule has 2 rings (SSSR count). The van der Waals surface area contributed by atoms with Gasteiger partial charge in [0.05, 0.1) is 17.6 Å². The summed E-state index contributed by atoms with van der Waals surface area (Å²) in [7, 11) is -2.09.